The molecule has 0 spiro atoms. The van der Waals surface area contributed by atoms with Crippen molar-refractivity contribution < 1.29 is 4.74 Å². The van der Waals surface area contributed by atoms with Crippen molar-refractivity contribution in [3.63, 3.8) is 0 Å². The average molecular weight is 285 g/mol. The summed E-state index contributed by atoms with van der Waals surface area (Å²) in [5.74, 6) is 3.50. The molecule has 0 saturated heterocycles. The predicted octanol–water partition coefficient (Wildman–Crippen LogP) is 4.30. The Balaban J connectivity index is 2.36. The molecule has 0 radical (unpaired) electrons. The van der Waals surface area contributed by atoms with Crippen molar-refractivity contribution in [1.82, 2.24) is 9.97 Å². The van der Waals surface area contributed by atoms with Crippen LogP contribution in [0, 0.1) is 6.92 Å². The highest BCUT2D eigenvalue weighted by Crippen LogP contribution is 2.28. The number of ether oxygens (including phenoxy) is 1. The predicted molar refractivity (Wildman–Crippen MR) is 86.3 cm³/mol. The van der Waals surface area contributed by atoms with Gasteiger partial charge in [-0.05, 0) is 30.5 Å². The molecule has 1 aromatic heterocycles. The molecular weight excluding hydrogens is 262 g/mol. The Bertz CT molecular complexity index is 623. The van der Waals surface area contributed by atoms with E-state index < -0.39 is 0 Å². The van der Waals surface area contributed by atoms with Crippen molar-refractivity contribution in [2.24, 2.45) is 0 Å². The summed E-state index contributed by atoms with van der Waals surface area (Å²) in [6.07, 6.45) is 0.775. The third kappa shape index (κ3) is 3.51. The van der Waals surface area contributed by atoms with Gasteiger partial charge in [-0.1, -0.05) is 32.9 Å². The molecule has 2 aromatic rings. The van der Waals surface area contributed by atoms with Gasteiger partial charge in [0.15, 0.2) is 0 Å². The van der Waals surface area contributed by atoms with Crippen LogP contribution in [0.4, 0.5) is 5.82 Å². The first-order valence-corrected chi connectivity index (χ1v) is 7.38. The first-order valence-electron chi connectivity index (χ1n) is 7.38. The van der Waals surface area contributed by atoms with Crippen molar-refractivity contribution in [2.75, 3.05) is 12.4 Å². The fourth-order valence-corrected chi connectivity index (χ4v) is 2.09. The Hall–Kier alpha value is -2.10. The molecule has 0 aliphatic rings. The van der Waals surface area contributed by atoms with E-state index in [1.165, 1.54) is 5.56 Å². The van der Waals surface area contributed by atoms with Crippen LogP contribution in [-0.4, -0.2) is 17.0 Å². The Morgan fingerprint density at radius 2 is 2.00 bits per heavy atom. The summed E-state index contributed by atoms with van der Waals surface area (Å²) in [7, 11) is 1.86. The lowest BCUT2D eigenvalue weighted by Gasteiger charge is -2.13. The number of hydrogen-bond donors (Lipinski definition) is 1. The van der Waals surface area contributed by atoms with Gasteiger partial charge in [0.05, 0.1) is 5.56 Å². The first kappa shape index (κ1) is 15.3. The fourth-order valence-electron chi connectivity index (χ4n) is 2.09. The van der Waals surface area contributed by atoms with E-state index in [0.29, 0.717) is 11.8 Å². The molecule has 21 heavy (non-hydrogen) atoms. The third-order valence-corrected chi connectivity index (χ3v) is 3.44. The minimum atomic E-state index is 0.471. The molecule has 0 bridgehead atoms. The van der Waals surface area contributed by atoms with E-state index in [0.717, 1.165) is 29.4 Å². The highest BCUT2D eigenvalue weighted by atomic mass is 16.5. The average Bonchev–Trinajstić information content (AvgIpc) is 2.49. The zero-order chi connectivity index (χ0) is 15.4. The molecule has 4 nitrogen and oxygen atoms in total. The van der Waals surface area contributed by atoms with E-state index in [1.807, 2.05) is 33.0 Å². The van der Waals surface area contributed by atoms with Gasteiger partial charge in [0.1, 0.15) is 17.4 Å². The monoisotopic (exact) mass is 285 g/mol. The van der Waals surface area contributed by atoms with Crippen LogP contribution >= 0.6 is 0 Å². The molecule has 2 rings (SSSR count). The van der Waals surface area contributed by atoms with E-state index in [9.17, 15) is 0 Å². The zero-order valence-corrected chi connectivity index (χ0v) is 13.4. The maximum atomic E-state index is 5.99. The van der Waals surface area contributed by atoms with Crippen molar-refractivity contribution in [2.45, 2.75) is 40.0 Å². The smallest absolute Gasteiger partial charge is 0.227 e. The van der Waals surface area contributed by atoms with E-state index in [-0.39, 0.29) is 0 Å². The van der Waals surface area contributed by atoms with Gasteiger partial charge in [0.25, 0.3) is 0 Å². The minimum Gasteiger partial charge on any atom is -0.439 e. The normalized spacial score (nSPS) is 10.8. The fraction of sp³-hybridized carbons (Fsp3) is 0.412. The second-order valence-corrected chi connectivity index (χ2v) is 5.35. The van der Waals surface area contributed by atoms with Crippen molar-refractivity contribution in [3.05, 3.63) is 41.2 Å². The van der Waals surface area contributed by atoms with Crippen LogP contribution in [0.25, 0.3) is 0 Å². The number of aromatic nitrogens is 2. The van der Waals surface area contributed by atoms with Gasteiger partial charge in [-0.3, -0.25) is 0 Å². The molecule has 0 fully saturated rings. The molecule has 4 heteroatoms. The topological polar surface area (TPSA) is 47.0 Å². The summed E-state index contributed by atoms with van der Waals surface area (Å²) in [4.78, 5) is 8.95. The molecule has 0 amide bonds. The number of nitrogens with zero attached hydrogens (tertiary/aromatic N) is 2. The lowest BCUT2D eigenvalue weighted by Crippen LogP contribution is -2.04. The molecular formula is C17H23N3O. The van der Waals surface area contributed by atoms with Crippen LogP contribution in [0.15, 0.2) is 24.3 Å². The quantitative estimate of drug-likeness (QED) is 0.889. The first-order chi connectivity index (χ1) is 10.0. The summed E-state index contributed by atoms with van der Waals surface area (Å²) < 4.78 is 5.99. The van der Waals surface area contributed by atoms with Crippen LogP contribution in [0.1, 0.15) is 43.6 Å². The highest BCUT2D eigenvalue weighted by molar-refractivity contribution is 5.49. The molecule has 0 aliphatic heterocycles. The largest absolute Gasteiger partial charge is 0.439 e. The standard InChI is InChI=1S/C17H23N3O/c1-6-15-19-16(18-5)12(4)17(20-15)21-14-9-7-8-13(10-14)11(2)3/h7-11H,6H2,1-5H3,(H,18,19,20). The van der Waals surface area contributed by atoms with Crippen LogP contribution in [0.5, 0.6) is 11.6 Å². The molecule has 112 valence electrons. The maximum absolute atomic E-state index is 5.99. The molecule has 1 heterocycles. The summed E-state index contributed by atoms with van der Waals surface area (Å²) in [5.41, 5.74) is 2.17. The van der Waals surface area contributed by atoms with Gasteiger partial charge in [0.2, 0.25) is 5.88 Å². The van der Waals surface area contributed by atoms with Crippen LogP contribution < -0.4 is 10.1 Å². The zero-order valence-electron chi connectivity index (χ0n) is 13.4. The lowest BCUT2D eigenvalue weighted by atomic mass is 10.0. The van der Waals surface area contributed by atoms with Crippen LogP contribution in [-0.2, 0) is 6.42 Å². The Kier molecular flexibility index (Phi) is 4.78. The highest BCUT2D eigenvalue weighted by Gasteiger charge is 2.12. The number of benzene rings is 1. The number of aryl methyl sites for hydroxylation is 1. The summed E-state index contributed by atoms with van der Waals surface area (Å²) in [6, 6.07) is 8.15. The number of hydrogen-bond acceptors (Lipinski definition) is 4. The molecule has 0 atom stereocenters. The second-order valence-electron chi connectivity index (χ2n) is 5.35. The van der Waals surface area contributed by atoms with Crippen molar-refractivity contribution in [1.29, 1.82) is 0 Å². The van der Waals surface area contributed by atoms with Gasteiger partial charge >= 0.3 is 0 Å². The SMILES string of the molecule is CCc1nc(NC)c(C)c(Oc2cccc(C(C)C)c2)n1. The van der Waals surface area contributed by atoms with Crippen molar-refractivity contribution in [3.8, 4) is 11.6 Å². The summed E-state index contributed by atoms with van der Waals surface area (Å²) in [5, 5.41) is 3.09. The molecule has 1 N–H and O–H groups in total. The number of nitrogens with one attached hydrogen (secondary N) is 1. The van der Waals surface area contributed by atoms with Gasteiger partial charge < -0.3 is 10.1 Å². The summed E-state index contributed by atoms with van der Waals surface area (Å²) in [6.45, 7) is 8.34. The van der Waals surface area contributed by atoms with Gasteiger partial charge in [0, 0.05) is 13.5 Å². The number of anilines is 1. The molecule has 0 saturated carbocycles. The number of rotatable bonds is 5. The van der Waals surface area contributed by atoms with Gasteiger partial charge in [-0.25, -0.2) is 4.98 Å². The van der Waals surface area contributed by atoms with Gasteiger partial charge in [-0.2, -0.15) is 4.98 Å². The van der Waals surface area contributed by atoms with Crippen LogP contribution in [0.2, 0.25) is 0 Å². The minimum absolute atomic E-state index is 0.471. The van der Waals surface area contributed by atoms with Crippen LogP contribution in [0.3, 0.4) is 0 Å². The molecule has 0 unspecified atom stereocenters. The van der Waals surface area contributed by atoms with Gasteiger partial charge in [-0.15, -0.1) is 0 Å². The Morgan fingerprint density at radius 3 is 2.62 bits per heavy atom. The van der Waals surface area contributed by atoms with E-state index in [4.69, 9.17) is 4.74 Å². The molecule has 0 aliphatic carbocycles. The Labute approximate surface area is 126 Å². The van der Waals surface area contributed by atoms with E-state index in [2.05, 4.69) is 41.3 Å². The molecule has 1 aromatic carbocycles. The third-order valence-electron chi connectivity index (χ3n) is 3.44. The van der Waals surface area contributed by atoms with Crippen molar-refractivity contribution >= 4 is 5.82 Å². The lowest BCUT2D eigenvalue weighted by molar-refractivity contribution is 0.454. The summed E-state index contributed by atoms with van der Waals surface area (Å²) >= 11 is 0. The van der Waals surface area contributed by atoms with E-state index >= 15 is 0 Å². The Morgan fingerprint density at radius 1 is 1.24 bits per heavy atom. The van der Waals surface area contributed by atoms with E-state index in [1.54, 1.807) is 0 Å². The second kappa shape index (κ2) is 6.57. The maximum Gasteiger partial charge on any atom is 0.227 e.